The van der Waals surface area contributed by atoms with Crippen LogP contribution in [0.3, 0.4) is 0 Å². The SMILES string of the molecule is C=CC[C@H](C(=O)OCC)[C@H](C)c1ccccc1. The average molecular weight is 232 g/mol. The van der Waals surface area contributed by atoms with Gasteiger partial charge in [0.1, 0.15) is 0 Å². The van der Waals surface area contributed by atoms with E-state index in [0.29, 0.717) is 13.0 Å². The highest BCUT2D eigenvalue weighted by Gasteiger charge is 2.26. The Kier molecular flexibility index (Phi) is 5.47. The highest BCUT2D eigenvalue weighted by molar-refractivity contribution is 5.73. The lowest BCUT2D eigenvalue weighted by atomic mass is 9.85. The number of rotatable bonds is 6. The molecule has 1 aromatic carbocycles. The third kappa shape index (κ3) is 3.74. The Morgan fingerprint density at radius 3 is 2.59 bits per heavy atom. The molecule has 0 fully saturated rings. The molecule has 0 N–H and O–H groups in total. The van der Waals surface area contributed by atoms with Gasteiger partial charge < -0.3 is 4.74 Å². The fourth-order valence-electron chi connectivity index (χ4n) is 1.92. The summed E-state index contributed by atoms with van der Waals surface area (Å²) in [6.45, 7) is 8.02. The minimum absolute atomic E-state index is 0.135. The van der Waals surface area contributed by atoms with Gasteiger partial charge in [-0.2, -0.15) is 0 Å². The van der Waals surface area contributed by atoms with Crippen LogP contribution in [-0.4, -0.2) is 12.6 Å². The summed E-state index contributed by atoms with van der Waals surface area (Å²) >= 11 is 0. The van der Waals surface area contributed by atoms with Crippen molar-refractivity contribution in [3.8, 4) is 0 Å². The summed E-state index contributed by atoms with van der Waals surface area (Å²) in [6, 6.07) is 10.0. The summed E-state index contributed by atoms with van der Waals surface area (Å²) < 4.78 is 5.11. The lowest BCUT2D eigenvalue weighted by Gasteiger charge is -2.21. The van der Waals surface area contributed by atoms with Gasteiger partial charge in [0.2, 0.25) is 0 Å². The van der Waals surface area contributed by atoms with Crippen LogP contribution >= 0.6 is 0 Å². The van der Waals surface area contributed by atoms with Crippen molar-refractivity contribution in [3.05, 3.63) is 48.6 Å². The minimum Gasteiger partial charge on any atom is -0.466 e. The molecule has 0 spiro atoms. The lowest BCUT2D eigenvalue weighted by Crippen LogP contribution is -2.22. The molecule has 0 aliphatic carbocycles. The van der Waals surface area contributed by atoms with Gasteiger partial charge in [-0.05, 0) is 24.8 Å². The van der Waals surface area contributed by atoms with E-state index in [1.165, 1.54) is 0 Å². The summed E-state index contributed by atoms with van der Waals surface area (Å²) in [5.41, 5.74) is 1.16. The third-order valence-corrected chi connectivity index (χ3v) is 2.94. The number of carbonyl (C=O) groups is 1. The van der Waals surface area contributed by atoms with Crippen molar-refractivity contribution in [1.29, 1.82) is 0 Å². The predicted molar refractivity (Wildman–Crippen MR) is 69.8 cm³/mol. The molecule has 0 saturated heterocycles. The Morgan fingerprint density at radius 2 is 2.06 bits per heavy atom. The van der Waals surface area contributed by atoms with E-state index in [0.717, 1.165) is 5.56 Å². The number of hydrogen-bond donors (Lipinski definition) is 0. The van der Waals surface area contributed by atoms with E-state index in [-0.39, 0.29) is 17.8 Å². The molecule has 0 aliphatic rings. The number of allylic oxidation sites excluding steroid dienone is 1. The maximum atomic E-state index is 11.9. The first-order chi connectivity index (χ1) is 8.20. The van der Waals surface area contributed by atoms with Crippen LogP contribution < -0.4 is 0 Å². The Balaban J connectivity index is 2.83. The molecule has 2 nitrogen and oxygen atoms in total. The van der Waals surface area contributed by atoms with Gasteiger partial charge in [-0.1, -0.05) is 43.3 Å². The molecule has 0 unspecified atom stereocenters. The van der Waals surface area contributed by atoms with Crippen molar-refractivity contribution < 1.29 is 9.53 Å². The van der Waals surface area contributed by atoms with Gasteiger partial charge in [0.25, 0.3) is 0 Å². The summed E-state index contributed by atoms with van der Waals surface area (Å²) in [5.74, 6) is -0.133. The van der Waals surface area contributed by atoms with Crippen LogP contribution in [0, 0.1) is 5.92 Å². The monoisotopic (exact) mass is 232 g/mol. The van der Waals surface area contributed by atoms with E-state index in [9.17, 15) is 4.79 Å². The number of hydrogen-bond acceptors (Lipinski definition) is 2. The van der Waals surface area contributed by atoms with Gasteiger partial charge in [0.15, 0.2) is 0 Å². The normalized spacial score (nSPS) is 13.8. The van der Waals surface area contributed by atoms with Gasteiger partial charge in [-0.25, -0.2) is 0 Å². The fourth-order valence-corrected chi connectivity index (χ4v) is 1.92. The van der Waals surface area contributed by atoms with Crippen LogP contribution in [0.4, 0.5) is 0 Å². The molecule has 2 heteroatoms. The molecule has 0 saturated carbocycles. The molecule has 0 amide bonds. The van der Waals surface area contributed by atoms with Crippen molar-refractivity contribution in [2.24, 2.45) is 5.92 Å². The molecular formula is C15H20O2. The first-order valence-corrected chi connectivity index (χ1v) is 6.03. The Labute approximate surface area is 103 Å². The minimum atomic E-state index is -0.144. The van der Waals surface area contributed by atoms with Crippen LogP contribution in [0.25, 0.3) is 0 Å². The third-order valence-electron chi connectivity index (χ3n) is 2.94. The zero-order valence-electron chi connectivity index (χ0n) is 10.6. The van der Waals surface area contributed by atoms with E-state index in [4.69, 9.17) is 4.74 Å². The number of carbonyl (C=O) groups excluding carboxylic acids is 1. The standard InChI is InChI=1S/C15H20O2/c1-4-9-14(15(16)17-5-2)12(3)13-10-7-6-8-11-13/h4,6-8,10-12,14H,1,5,9H2,2-3H3/t12-,14+/m1/s1. The lowest BCUT2D eigenvalue weighted by molar-refractivity contribution is -0.148. The maximum Gasteiger partial charge on any atom is 0.309 e. The topological polar surface area (TPSA) is 26.3 Å². The van der Waals surface area contributed by atoms with E-state index < -0.39 is 0 Å². The van der Waals surface area contributed by atoms with Gasteiger partial charge in [-0.15, -0.1) is 6.58 Å². The van der Waals surface area contributed by atoms with Crippen molar-refractivity contribution in [3.63, 3.8) is 0 Å². The Hall–Kier alpha value is -1.57. The van der Waals surface area contributed by atoms with Crippen molar-refractivity contribution >= 4 is 5.97 Å². The molecule has 92 valence electrons. The number of ether oxygens (including phenoxy) is 1. The van der Waals surface area contributed by atoms with Gasteiger partial charge in [0, 0.05) is 0 Å². The second kappa shape index (κ2) is 6.89. The Morgan fingerprint density at radius 1 is 1.41 bits per heavy atom. The molecule has 0 heterocycles. The largest absolute Gasteiger partial charge is 0.466 e. The van der Waals surface area contributed by atoms with Gasteiger partial charge in [-0.3, -0.25) is 4.79 Å². The molecule has 2 atom stereocenters. The molecule has 1 aromatic rings. The zero-order valence-corrected chi connectivity index (χ0v) is 10.6. The first kappa shape index (κ1) is 13.5. The first-order valence-electron chi connectivity index (χ1n) is 6.03. The van der Waals surface area contributed by atoms with E-state index in [2.05, 4.69) is 13.5 Å². The molecule has 0 bridgehead atoms. The predicted octanol–water partition coefficient (Wildman–Crippen LogP) is 3.55. The highest BCUT2D eigenvalue weighted by Crippen LogP contribution is 2.28. The van der Waals surface area contributed by atoms with Crippen LogP contribution in [0.2, 0.25) is 0 Å². The second-order valence-electron chi connectivity index (χ2n) is 4.08. The molecule has 0 radical (unpaired) electrons. The van der Waals surface area contributed by atoms with Crippen LogP contribution in [0.15, 0.2) is 43.0 Å². The van der Waals surface area contributed by atoms with Crippen LogP contribution in [0.1, 0.15) is 31.7 Å². The van der Waals surface area contributed by atoms with Gasteiger partial charge in [0.05, 0.1) is 12.5 Å². The fraction of sp³-hybridized carbons (Fsp3) is 0.400. The van der Waals surface area contributed by atoms with Crippen molar-refractivity contribution in [2.75, 3.05) is 6.61 Å². The second-order valence-corrected chi connectivity index (χ2v) is 4.08. The molecule has 1 rings (SSSR count). The Bertz CT molecular complexity index is 356. The zero-order chi connectivity index (χ0) is 12.7. The summed E-state index contributed by atoms with van der Waals surface area (Å²) in [4.78, 5) is 11.9. The average Bonchev–Trinajstić information content (AvgIpc) is 2.36. The summed E-state index contributed by atoms with van der Waals surface area (Å²) in [7, 11) is 0. The highest BCUT2D eigenvalue weighted by atomic mass is 16.5. The van der Waals surface area contributed by atoms with Crippen molar-refractivity contribution in [2.45, 2.75) is 26.2 Å². The summed E-state index contributed by atoms with van der Waals surface area (Å²) in [5, 5.41) is 0. The molecule has 0 aliphatic heterocycles. The van der Waals surface area contributed by atoms with Gasteiger partial charge >= 0.3 is 5.97 Å². The smallest absolute Gasteiger partial charge is 0.309 e. The summed E-state index contributed by atoms with van der Waals surface area (Å²) in [6.07, 6.45) is 2.43. The van der Waals surface area contributed by atoms with E-state index in [1.54, 1.807) is 6.08 Å². The van der Waals surface area contributed by atoms with Crippen LogP contribution in [-0.2, 0) is 9.53 Å². The van der Waals surface area contributed by atoms with Crippen molar-refractivity contribution in [1.82, 2.24) is 0 Å². The quantitative estimate of drug-likeness (QED) is 0.554. The maximum absolute atomic E-state index is 11.9. The van der Waals surface area contributed by atoms with E-state index in [1.807, 2.05) is 37.3 Å². The molecule has 17 heavy (non-hydrogen) atoms. The van der Waals surface area contributed by atoms with Crippen LogP contribution in [0.5, 0.6) is 0 Å². The number of benzene rings is 1. The number of esters is 1. The molecule has 0 aromatic heterocycles. The van der Waals surface area contributed by atoms with E-state index >= 15 is 0 Å². The molecular weight excluding hydrogens is 212 g/mol.